The minimum Gasteiger partial charge on any atom is -0.480 e. The van der Waals surface area contributed by atoms with Crippen molar-refractivity contribution in [1.82, 2.24) is 10.6 Å². The minimum absolute atomic E-state index is 0.0273. The molecule has 1 atom stereocenters. The van der Waals surface area contributed by atoms with Gasteiger partial charge in [0.05, 0.1) is 5.75 Å². The zero-order valence-electron chi connectivity index (χ0n) is 9.89. The molecule has 3 N–H and O–H groups in total. The van der Waals surface area contributed by atoms with E-state index in [0.29, 0.717) is 6.42 Å². The van der Waals surface area contributed by atoms with E-state index >= 15 is 0 Å². The topological polar surface area (TPSA) is 113 Å². The maximum atomic E-state index is 11.3. The molecule has 1 unspecified atom stereocenters. The lowest BCUT2D eigenvalue weighted by molar-refractivity contribution is -0.138. The molecule has 0 saturated carbocycles. The monoisotopic (exact) mass is 266 g/mol. The third kappa shape index (κ3) is 7.56. The number of carboxylic acid groups (broad SMARTS) is 1. The summed E-state index contributed by atoms with van der Waals surface area (Å²) in [5.74, 6) is -1.21. The van der Waals surface area contributed by atoms with Gasteiger partial charge >= 0.3 is 12.0 Å². The van der Waals surface area contributed by atoms with Gasteiger partial charge in [0.25, 0.3) is 0 Å². The predicted molar refractivity (Wildman–Crippen MR) is 62.6 cm³/mol. The second-order valence-electron chi connectivity index (χ2n) is 3.61. The van der Waals surface area contributed by atoms with Gasteiger partial charge in [-0.1, -0.05) is 6.92 Å². The Kier molecular flexibility index (Phi) is 6.55. The smallest absolute Gasteiger partial charge is 0.325 e. The molecule has 0 aliphatic heterocycles. The summed E-state index contributed by atoms with van der Waals surface area (Å²) < 4.78 is 22.6. The van der Waals surface area contributed by atoms with E-state index in [4.69, 9.17) is 5.11 Å². The van der Waals surface area contributed by atoms with Gasteiger partial charge in [0.1, 0.15) is 6.04 Å². The maximum Gasteiger partial charge on any atom is 0.325 e. The number of aliphatic carboxylic acids is 1. The van der Waals surface area contributed by atoms with Gasteiger partial charge in [-0.3, -0.25) is 4.79 Å². The molecule has 0 aliphatic carbocycles. The van der Waals surface area contributed by atoms with Gasteiger partial charge in [-0.15, -0.1) is 0 Å². The number of carbonyl (C=O) groups excluding carboxylic acids is 1. The SMILES string of the molecule is CCCS(=O)(=O)CCNC(=O)NC(C)C(=O)O. The summed E-state index contributed by atoms with van der Waals surface area (Å²) in [5, 5.41) is 13.0. The van der Waals surface area contributed by atoms with Crippen molar-refractivity contribution in [3.8, 4) is 0 Å². The first-order valence-electron chi connectivity index (χ1n) is 5.26. The molecule has 0 bridgehead atoms. The van der Waals surface area contributed by atoms with Crippen LogP contribution in [-0.2, 0) is 14.6 Å². The molecule has 0 spiro atoms. The number of rotatable bonds is 7. The molecule has 0 heterocycles. The molecule has 2 amide bonds. The number of carbonyl (C=O) groups is 2. The van der Waals surface area contributed by atoms with Crippen molar-refractivity contribution in [2.24, 2.45) is 0 Å². The van der Waals surface area contributed by atoms with Gasteiger partial charge in [0.15, 0.2) is 9.84 Å². The van der Waals surface area contributed by atoms with E-state index in [0.717, 1.165) is 0 Å². The predicted octanol–water partition coefficient (Wildman–Crippen LogP) is -0.416. The van der Waals surface area contributed by atoms with Gasteiger partial charge < -0.3 is 15.7 Å². The van der Waals surface area contributed by atoms with Crippen molar-refractivity contribution < 1.29 is 23.1 Å². The first kappa shape index (κ1) is 15.7. The van der Waals surface area contributed by atoms with Gasteiger partial charge in [-0.25, -0.2) is 13.2 Å². The van der Waals surface area contributed by atoms with Gasteiger partial charge in [0, 0.05) is 12.3 Å². The van der Waals surface area contributed by atoms with Crippen LogP contribution in [0.2, 0.25) is 0 Å². The number of carboxylic acids is 1. The molecule has 0 fully saturated rings. The Hall–Kier alpha value is -1.31. The lowest BCUT2D eigenvalue weighted by atomic mass is 10.3. The highest BCUT2D eigenvalue weighted by Gasteiger charge is 2.14. The van der Waals surface area contributed by atoms with Crippen molar-refractivity contribution in [1.29, 1.82) is 0 Å². The summed E-state index contributed by atoms with van der Waals surface area (Å²) in [7, 11) is -3.13. The van der Waals surface area contributed by atoms with E-state index in [-0.39, 0.29) is 18.1 Å². The summed E-state index contributed by atoms with van der Waals surface area (Å²) in [6.07, 6.45) is 0.532. The Morgan fingerprint density at radius 1 is 1.29 bits per heavy atom. The Morgan fingerprint density at radius 3 is 2.35 bits per heavy atom. The third-order valence-corrected chi connectivity index (χ3v) is 3.79. The number of hydrogen-bond acceptors (Lipinski definition) is 4. The van der Waals surface area contributed by atoms with E-state index < -0.39 is 27.9 Å². The first-order valence-corrected chi connectivity index (χ1v) is 7.08. The quantitative estimate of drug-likeness (QED) is 0.579. The zero-order chi connectivity index (χ0) is 13.5. The summed E-state index contributed by atoms with van der Waals surface area (Å²) in [4.78, 5) is 21.5. The molecule has 0 aromatic rings. The van der Waals surface area contributed by atoms with Crippen LogP contribution in [0, 0.1) is 0 Å². The molecule has 0 aromatic heterocycles. The van der Waals surface area contributed by atoms with Crippen LogP contribution in [0.15, 0.2) is 0 Å². The fraction of sp³-hybridized carbons (Fsp3) is 0.778. The van der Waals surface area contributed by atoms with E-state index in [9.17, 15) is 18.0 Å². The summed E-state index contributed by atoms with van der Waals surface area (Å²) in [5.41, 5.74) is 0. The number of nitrogens with one attached hydrogen (secondary N) is 2. The Bertz CT molecular complexity index is 366. The lowest BCUT2D eigenvalue weighted by Crippen LogP contribution is -2.45. The second kappa shape index (κ2) is 7.10. The van der Waals surface area contributed by atoms with Crippen LogP contribution in [0.4, 0.5) is 4.79 Å². The van der Waals surface area contributed by atoms with E-state index in [1.54, 1.807) is 6.92 Å². The fourth-order valence-corrected chi connectivity index (χ4v) is 2.28. The highest BCUT2D eigenvalue weighted by molar-refractivity contribution is 7.91. The summed E-state index contributed by atoms with van der Waals surface area (Å²) in [6.45, 7) is 3.04. The van der Waals surface area contributed by atoms with Crippen molar-refractivity contribution in [2.75, 3.05) is 18.1 Å². The zero-order valence-corrected chi connectivity index (χ0v) is 10.7. The Labute approximate surface area is 101 Å². The molecule has 0 saturated heterocycles. The number of hydrogen-bond donors (Lipinski definition) is 3. The molecule has 100 valence electrons. The summed E-state index contributed by atoms with van der Waals surface area (Å²) in [6, 6.07) is -1.70. The van der Waals surface area contributed by atoms with Gasteiger partial charge in [-0.2, -0.15) is 0 Å². The van der Waals surface area contributed by atoms with Crippen molar-refractivity contribution in [2.45, 2.75) is 26.3 Å². The van der Waals surface area contributed by atoms with Gasteiger partial charge in [-0.05, 0) is 13.3 Å². The second-order valence-corrected chi connectivity index (χ2v) is 5.92. The summed E-state index contributed by atoms with van der Waals surface area (Å²) >= 11 is 0. The molecule has 17 heavy (non-hydrogen) atoms. The van der Waals surface area contributed by atoms with Gasteiger partial charge in [0.2, 0.25) is 0 Å². The molecule has 8 heteroatoms. The van der Waals surface area contributed by atoms with Crippen LogP contribution >= 0.6 is 0 Å². The standard InChI is InChI=1S/C9H18N2O5S/c1-3-5-17(15,16)6-4-10-9(14)11-7(2)8(12)13/h7H,3-6H2,1-2H3,(H,12,13)(H2,10,11,14). The highest BCUT2D eigenvalue weighted by atomic mass is 32.2. The molecule has 0 rings (SSSR count). The minimum atomic E-state index is -3.13. The lowest BCUT2D eigenvalue weighted by Gasteiger charge is -2.10. The van der Waals surface area contributed by atoms with Crippen LogP contribution in [0.5, 0.6) is 0 Å². The van der Waals surface area contributed by atoms with Crippen LogP contribution in [0.25, 0.3) is 0 Å². The highest BCUT2D eigenvalue weighted by Crippen LogP contribution is 1.92. The largest absolute Gasteiger partial charge is 0.480 e. The van der Waals surface area contributed by atoms with Crippen molar-refractivity contribution >= 4 is 21.8 Å². The van der Waals surface area contributed by atoms with Crippen LogP contribution in [0.1, 0.15) is 20.3 Å². The molecule has 0 radical (unpaired) electrons. The Balaban J connectivity index is 3.90. The molecular weight excluding hydrogens is 248 g/mol. The van der Waals surface area contributed by atoms with Crippen LogP contribution in [0.3, 0.4) is 0 Å². The molecular formula is C9H18N2O5S. The van der Waals surface area contributed by atoms with Crippen molar-refractivity contribution in [3.63, 3.8) is 0 Å². The van der Waals surface area contributed by atoms with E-state index in [1.165, 1.54) is 6.92 Å². The number of amides is 2. The molecule has 0 aliphatic rings. The van der Waals surface area contributed by atoms with Crippen molar-refractivity contribution in [3.05, 3.63) is 0 Å². The molecule has 7 nitrogen and oxygen atoms in total. The normalized spacial score (nSPS) is 12.8. The third-order valence-electron chi connectivity index (χ3n) is 1.93. The molecule has 0 aromatic carbocycles. The first-order chi connectivity index (χ1) is 7.78. The number of sulfone groups is 1. The van der Waals surface area contributed by atoms with E-state index in [2.05, 4.69) is 10.6 Å². The van der Waals surface area contributed by atoms with E-state index in [1.807, 2.05) is 0 Å². The van der Waals surface area contributed by atoms with Crippen LogP contribution in [-0.4, -0.2) is 49.6 Å². The maximum absolute atomic E-state index is 11.3. The average Bonchev–Trinajstić information content (AvgIpc) is 2.16. The number of urea groups is 1. The van der Waals surface area contributed by atoms with Crippen LogP contribution < -0.4 is 10.6 Å². The fourth-order valence-electron chi connectivity index (χ4n) is 1.04. The Morgan fingerprint density at radius 2 is 1.88 bits per heavy atom. The average molecular weight is 266 g/mol.